The number of aliphatic carboxylic acids is 1. The number of likely N-dealkylation sites (N-methyl/N-ethyl adjacent to an activating group) is 1. The van der Waals surface area contributed by atoms with Gasteiger partial charge in [-0.25, -0.2) is 4.79 Å². The second-order valence-corrected chi connectivity index (χ2v) is 5.78. The van der Waals surface area contributed by atoms with Crippen molar-refractivity contribution in [3.63, 3.8) is 0 Å². The molecular formula is C14H27N3O3. The number of amides is 2. The van der Waals surface area contributed by atoms with Gasteiger partial charge in [-0.3, -0.25) is 4.79 Å². The average Bonchev–Trinajstić information content (AvgIpc) is 2.44. The van der Waals surface area contributed by atoms with Gasteiger partial charge in [-0.15, -0.1) is 0 Å². The first-order valence-corrected chi connectivity index (χ1v) is 7.41. The molecule has 0 saturated carbocycles. The van der Waals surface area contributed by atoms with E-state index in [2.05, 4.69) is 22.5 Å². The van der Waals surface area contributed by atoms with Crippen LogP contribution in [-0.2, 0) is 4.79 Å². The Labute approximate surface area is 120 Å². The molecule has 0 bridgehead atoms. The third-order valence-electron chi connectivity index (χ3n) is 4.22. The molecule has 1 heterocycles. The maximum Gasteiger partial charge on any atom is 0.315 e. The van der Waals surface area contributed by atoms with Gasteiger partial charge in [0.2, 0.25) is 0 Å². The van der Waals surface area contributed by atoms with Crippen molar-refractivity contribution in [3.05, 3.63) is 0 Å². The summed E-state index contributed by atoms with van der Waals surface area (Å²) < 4.78 is 0. The largest absolute Gasteiger partial charge is 0.481 e. The van der Waals surface area contributed by atoms with Crippen LogP contribution < -0.4 is 10.6 Å². The van der Waals surface area contributed by atoms with Gasteiger partial charge in [0.1, 0.15) is 0 Å². The minimum absolute atomic E-state index is 0.148. The van der Waals surface area contributed by atoms with Gasteiger partial charge in [-0.1, -0.05) is 13.8 Å². The molecule has 0 aliphatic carbocycles. The highest BCUT2D eigenvalue weighted by Crippen LogP contribution is 2.19. The average molecular weight is 285 g/mol. The highest BCUT2D eigenvalue weighted by atomic mass is 16.4. The van der Waals surface area contributed by atoms with Crippen LogP contribution in [0, 0.1) is 5.41 Å². The Morgan fingerprint density at radius 1 is 1.40 bits per heavy atom. The first-order valence-electron chi connectivity index (χ1n) is 7.41. The molecule has 6 nitrogen and oxygen atoms in total. The van der Waals surface area contributed by atoms with Crippen molar-refractivity contribution in [3.8, 4) is 0 Å². The van der Waals surface area contributed by atoms with Crippen molar-refractivity contribution in [2.45, 2.75) is 46.1 Å². The van der Waals surface area contributed by atoms with Gasteiger partial charge in [-0.05, 0) is 39.3 Å². The van der Waals surface area contributed by atoms with E-state index in [4.69, 9.17) is 5.11 Å². The SMILES string of the molecule is CCN1CCCC(NC(=O)NCC(C)(CC)C(=O)O)C1. The molecule has 2 amide bonds. The number of likely N-dealkylation sites (tertiary alicyclic amines) is 1. The standard InChI is InChI=1S/C14H27N3O3/c1-4-14(3,12(18)19)10-15-13(20)16-11-7-6-8-17(5-2)9-11/h11H,4-10H2,1-3H3,(H,18,19)(H2,15,16,20). The molecule has 20 heavy (non-hydrogen) atoms. The summed E-state index contributed by atoms with van der Waals surface area (Å²) in [7, 11) is 0. The minimum Gasteiger partial charge on any atom is -0.481 e. The number of carbonyl (C=O) groups excluding carboxylic acids is 1. The predicted octanol–water partition coefficient (Wildman–Crippen LogP) is 1.27. The van der Waals surface area contributed by atoms with Crippen molar-refractivity contribution < 1.29 is 14.7 Å². The predicted molar refractivity (Wildman–Crippen MR) is 77.7 cm³/mol. The third kappa shape index (κ3) is 4.67. The lowest BCUT2D eigenvalue weighted by molar-refractivity contribution is -0.147. The number of carbonyl (C=O) groups is 2. The number of rotatable bonds is 6. The van der Waals surface area contributed by atoms with E-state index >= 15 is 0 Å². The normalized spacial score (nSPS) is 22.9. The highest BCUT2D eigenvalue weighted by Gasteiger charge is 2.31. The number of nitrogens with zero attached hydrogens (tertiary/aromatic N) is 1. The van der Waals surface area contributed by atoms with E-state index in [1.165, 1.54) is 0 Å². The van der Waals surface area contributed by atoms with Crippen LogP contribution in [0.1, 0.15) is 40.0 Å². The van der Waals surface area contributed by atoms with Crippen LogP contribution in [0.25, 0.3) is 0 Å². The van der Waals surface area contributed by atoms with Crippen molar-refractivity contribution in [2.75, 3.05) is 26.2 Å². The summed E-state index contributed by atoms with van der Waals surface area (Å²) in [6, 6.07) is -0.115. The van der Waals surface area contributed by atoms with Crippen molar-refractivity contribution in [1.82, 2.24) is 15.5 Å². The van der Waals surface area contributed by atoms with Crippen molar-refractivity contribution >= 4 is 12.0 Å². The topological polar surface area (TPSA) is 81.7 Å². The van der Waals surface area contributed by atoms with E-state index in [1.54, 1.807) is 6.92 Å². The van der Waals surface area contributed by atoms with E-state index in [9.17, 15) is 9.59 Å². The fourth-order valence-corrected chi connectivity index (χ4v) is 2.32. The Bertz CT molecular complexity index is 349. The monoisotopic (exact) mass is 285 g/mol. The molecule has 1 fully saturated rings. The molecule has 3 N–H and O–H groups in total. The van der Waals surface area contributed by atoms with Crippen LogP contribution in [0.3, 0.4) is 0 Å². The maximum absolute atomic E-state index is 11.9. The number of hydrogen-bond acceptors (Lipinski definition) is 3. The van der Waals surface area contributed by atoms with E-state index in [-0.39, 0.29) is 18.6 Å². The zero-order valence-corrected chi connectivity index (χ0v) is 12.7. The zero-order chi connectivity index (χ0) is 15.2. The van der Waals surface area contributed by atoms with E-state index < -0.39 is 11.4 Å². The van der Waals surface area contributed by atoms with Gasteiger partial charge in [0.25, 0.3) is 0 Å². The molecule has 6 heteroatoms. The molecule has 0 aromatic rings. The smallest absolute Gasteiger partial charge is 0.315 e. The molecule has 1 aliphatic heterocycles. The summed E-state index contributed by atoms with van der Waals surface area (Å²) >= 11 is 0. The number of urea groups is 1. The fourth-order valence-electron chi connectivity index (χ4n) is 2.32. The molecule has 0 aromatic heterocycles. The zero-order valence-electron chi connectivity index (χ0n) is 12.7. The summed E-state index contributed by atoms with van der Waals surface area (Å²) in [6.07, 6.45) is 2.55. The van der Waals surface area contributed by atoms with Crippen LogP contribution in [0.15, 0.2) is 0 Å². The highest BCUT2D eigenvalue weighted by molar-refractivity contribution is 5.77. The summed E-state index contributed by atoms with van der Waals surface area (Å²) in [5.41, 5.74) is -0.903. The Morgan fingerprint density at radius 3 is 2.65 bits per heavy atom. The molecule has 0 aromatic carbocycles. The van der Waals surface area contributed by atoms with E-state index in [0.29, 0.717) is 6.42 Å². The number of piperidine rings is 1. The lowest BCUT2D eigenvalue weighted by Crippen LogP contribution is -2.52. The van der Waals surface area contributed by atoms with Crippen molar-refractivity contribution in [2.24, 2.45) is 5.41 Å². The van der Waals surface area contributed by atoms with Gasteiger partial charge >= 0.3 is 12.0 Å². The molecule has 1 saturated heterocycles. The number of nitrogens with one attached hydrogen (secondary N) is 2. The van der Waals surface area contributed by atoms with Gasteiger partial charge < -0.3 is 20.6 Å². The Hall–Kier alpha value is -1.30. The lowest BCUT2D eigenvalue weighted by atomic mass is 9.88. The fraction of sp³-hybridized carbons (Fsp3) is 0.857. The second kappa shape index (κ2) is 7.47. The van der Waals surface area contributed by atoms with Crippen LogP contribution in [0.4, 0.5) is 4.79 Å². The van der Waals surface area contributed by atoms with Crippen LogP contribution in [-0.4, -0.2) is 54.2 Å². The molecular weight excluding hydrogens is 258 g/mol. The Balaban J connectivity index is 2.38. The van der Waals surface area contributed by atoms with Crippen LogP contribution in [0.2, 0.25) is 0 Å². The van der Waals surface area contributed by atoms with Gasteiger partial charge in [-0.2, -0.15) is 0 Å². The molecule has 0 spiro atoms. The Kier molecular flexibility index (Phi) is 6.26. The Morgan fingerprint density at radius 2 is 2.10 bits per heavy atom. The maximum atomic E-state index is 11.9. The van der Waals surface area contributed by atoms with E-state index in [1.807, 2.05) is 6.92 Å². The summed E-state index contributed by atoms with van der Waals surface area (Å²) in [4.78, 5) is 25.3. The minimum atomic E-state index is -0.903. The first-order chi connectivity index (χ1) is 9.41. The molecule has 2 atom stereocenters. The quantitative estimate of drug-likeness (QED) is 0.686. The number of carboxylic acids is 1. The molecule has 0 radical (unpaired) electrons. The molecule has 1 rings (SSSR count). The summed E-state index contributed by atoms with van der Waals surface area (Å²) in [5, 5.41) is 14.8. The molecule has 1 aliphatic rings. The van der Waals surface area contributed by atoms with Crippen molar-refractivity contribution in [1.29, 1.82) is 0 Å². The van der Waals surface area contributed by atoms with Gasteiger partial charge in [0, 0.05) is 19.1 Å². The summed E-state index contributed by atoms with van der Waals surface area (Å²) in [6.45, 7) is 8.67. The van der Waals surface area contributed by atoms with Crippen LogP contribution >= 0.6 is 0 Å². The first kappa shape index (κ1) is 16.8. The van der Waals surface area contributed by atoms with Crippen LogP contribution in [0.5, 0.6) is 0 Å². The molecule has 116 valence electrons. The third-order valence-corrected chi connectivity index (χ3v) is 4.22. The lowest BCUT2D eigenvalue weighted by Gasteiger charge is -2.32. The number of carboxylic acid groups (broad SMARTS) is 1. The number of hydrogen-bond donors (Lipinski definition) is 3. The van der Waals surface area contributed by atoms with E-state index in [0.717, 1.165) is 32.5 Å². The van der Waals surface area contributed by atoms with Gasteiger partial charge in [0.05, 0.1) is 5.41 Å². The second-order valence-electron chi connectivity index (χ2n) is 5.78. The summed E-state index contributed by atoms with van der Waals surface area (Å²) in [5.74, 6) is -0.880. The van der Waals surface area contributed by atoms with Gasteiger partial charge in [0.15, 0.2) is 0 Å². The molecule has 2 unspecified atom stereocenters.